The largest absolute Gasteiger partial charge is 0.503 e. The molecule has 1 aromatic rings. The molecule has 1 amide bonds. The summed E-state index contributed by atoms with van der Waals surface area (Å²) in [5.74, 6) is -0.714. The lowest BCUT2D eigenvalue weighted by Crippen LogP contribution is -2.31. The smallest absolute Gasteiger partial charge is 0.290 e. The van der Waals surface area contributed by atoms with Gasteiger partial charge in [-0.3, -0.25) is 9.59 Å². The highest BCUT2D eigenvalue weighted by molar-refractivity contribution is 7.10. The first-order valence-corrected chi connectivity index (χ1v) is 8.66. The Bertz CT molecular complexity index is 575. The van der Waals surface area contributed by atoms with E-state index in [1.165, 1.54) is 11.3 Å². The number of aliphatic hydroxyl groups excluding tert-OH is 1. The van der Waals surface area contributed by atoms with E-state index in [0.717, 1.165) is 17.7 Å². The Labute approximate surface area is 135 Å². The van der Waals surface area contributed by atoms with E-state index < -0.39 is 11.9 Å². The van der Waals surface area contributed by atoms with Crippen LogP contribution in [0.1, 0.15) is 51.0 Å². The molecular formula is C17H23NO3S. The van der Waals surface area contributed by atoms with Crippen molar-refractivity contribution in [2.45, 2.75) is 46.1 Å². The molecule has 0 aromatic carbocycles. The zero-order chi connectivity index (χ0) is 16.3. The molecule has 0 spiro atoms. The van der Waals surface area contributed by atoms with Crippen molar-refractivity contribution < 1.29 is 14.7 Å². The molecule has 1 unspecified atom stereocenters. The minimum atomic E-state index is -0.426. The van der Waals surface area contributed by atoms with Crippen LogP contribution in [0.15, 0.2) is 28.8 Å². The highest BCUT2D eigenvalue weighted by Crippen LogP contribution is 2.40. The molecule has 1 aliphatic rings. The van der Waals surface area contributed by atoms with Gasteiger partial charge in [-0.05, 0) is 23.8 Å². The Morgan fingerprint density at radius 2 is 2.18 bits per heavy atom. The summed E-state index contributed by atoms with van der Waals surface area (Å²) >= 11 is 1.51. The zero-order valence-corrected chi connectivity index (χ0v) is 14.2. The lowest BCUT2D eigenvalue weighted by atomic mass is 9.95. The number of ketones is 1. The molecule has 5 heteroatoms. The highest BCUT2D eigenvalue weighted by atomic mass is 32.1. The van der Waals surface area contributed by atoms with Gasteiger partial charge in [-0.25, -0.2) is 0 Å². The van der Waals surface area contributed by atoms with Gasteiger partial charge in [0.15, 0.2) is 11.5 Å². The zero-order valence-electron chi connectivity index (χ0n) is 13.3. The van der Waals surface area contributed by atoms with Crippen molar-refractivity contribution in [3.05, 3.63) is 33.7 Å². The van der Waals surface area contributed by atoms with Crippen LogP contribution in [0.4, 0.5) is 0 Å². The molecule has 22 heavy (non-hydrogen) atoms. The monoisotopic (exact) mass is 321 g/mol. The number of carbonyl (C=O) groups is 2. The number of aliphatic hydroxyl groups is 1. The Kier molecular flexibility index (Phi) is 5.40. The summed E-state index contributed by atoms with van der Waals surface area (Å²) in [6.07, 6.45) is 2.15. The number of carbonyl (C=O) groups excluding carboxylic acids is 2. The third-order valence-corrected chi connectivity index (χ3v) is 4.69. The predicted octanol–water partition coefficient (Wildman–Crippen LogP) is 3.86. The fourth-order valence-corrected chi connectivity index (χ4v) is 3.57. The first-order valence-electron chi connectivity index (χ1n) is 7.78. The second kappa shape index (κ2) is 7.09. The van der Waals surface area contributed by atoms with Gasteiger partial charge in [0.2, 0.25) is 0 Å². The van der Waals surface area contributed by atoms with Gasteiger partial charge in [-0.1, -0.05) is 33.3 Å². The van der Waals surface area contributed by atoms with Gasteiger partial charge in [0.1, 0.15) is 0 Å². The van der Waals surface area contributed by atoms with Crippen molar-refractivity contribution in [3.8, 4) is 0 Å². The minimum Gasteiger partial charge on any atom is -0.503 e. The molecule has 0 fully saturated rings. The Balaban J connectivity index is 2.38. The topological polar surface area (TPSA) is 57.6 Å². The number of amides is 1. The van der Waals surface area contributed by atoms with Crippen LogP contribution in [0.25, 0.3) is 0 Å². The molecule has 120 valence electrons. The van der Waals surface area contributed by atoms with E-state index in [0.29, 0.717) is 13.0 Å². The van der Waals surface area contributed by atoms with Crippen molar-refractivity contribution in [2.24, 2.45) is 5.92 Å². The number of nitrogens with zero attached hydrogens (tertiary/aromatic N) is 1. The predicted molar refractivity (Wildman–Crippen MR) is 87.8 cm³/mol. The third-order valence-electron chi connectivity index (χ3n) is 3.76. The molecule has 1 aromatic heterocycles. The van der Waals surface area contributed by atoms with Crippen molar-refractivity contribution >= 4 is 23.0 Å². The van der Waals surface area contributed by atoms with E-state index >= 15 is 0 Å². The molecule has 4 nitrogen and oxygen atoms in total. The highest BCUT2D eigenvalue weighted by Gasteiger charge is 2.43. The summed E-state index contributed by atoms with van der Waals surface area (Å²) in [5.41, 5.74) is 0.275. The van der Waals surface area contributed by atoms with Crippen LogP contribution in [0.2, 0.25) is 0 Å². The maximum atomic E-state index is 12.5. The maximum Gasteiger partial charge on any atom is 0.290 e. The summed E-state index contributed by atoms with van der Waals surface area (Å²) in [6.45, 7) is 6.53. The van der Waals surface area contributed by atoms with E-state index in [-0.39, 0.29) is 23.0 Å². The van der Waals surface area contributed by atoms with Gasteiger partial charge in [-0.15, -0.1) is 11.3 Å². The lowest BCUT2D eigenvalue weighted by molar-refractivity contribution is -0.129. The SMILES string of the molecule is CCCCN1C(=O)C(O)=C(C(=O)CC(C)C)C1c1cccs1. The lowest BCUT2D eigenvalue weighted by Gasteiger charge is -2.25. The fourth-order valence-electron chi connectivity index (χ4n) is 2.72. The Morgan fingerprint density at radius 3 is 2.73 bits per heavy atom. The van der Waals surface area contributed by atoms with Crippen molar-refractivity contribution in [1.82, 2.24) is 4.90 Å². The van der Waals surface area contributed by atoms with Crippen LogP contribution in [-0.4, -0.2) is 28.2 Å². The molecular weight excluding hydrogens is 298 g/mol. The van der Waals surface area contributed by atoms with E-state index in [9.17, 15) is 14.7 Å². The number of unbranched alkanes of at least 4 members (excludes halogenated alkanes) is 1. The van der Waals surface area contributed by atoms with E-state index in [1.54, 1.807) is 4.90 Å². The summed E-state index contributed by atoms with van der Waals surface area (Å²) < 4.78 is 0. The quantitative estimate of drug-likeness (QED) is 0.829. The first kappa shape index (κ1) is 16.7. The average molecular weight is 321 g/mol. The number of thiophene rings is 1. The second-order valence-corrected chi connectivity index (χ2v) is 7.03. The molecule has 1 aliphatic heterocycles. The van der Waals surface area contributed by atoms with Gasteiger partial charge >= 0.3 is 0 Å². The maximum absolute atomic E-state index is 12.5. The molecule has 0 aliphatic carbocycles. The van der Waals surface area contributed by atoms with Gasteiger partial charge in [0.05, 0.1) is 11.6 Å². The molecule has 1 atom stereocenters. The fraction of sp³-hybridized carbons (Fsp3) is 0.529. The molecule has 2 heterocycles. The van der Waals surface area contributed by atoms with Crippen LogP contribution >= 0.6 is 11.3 Å². The van der Waals surface area contributed by atoms with E-state index in [2.05, 4.69) is 6.92 Å². The molecule has 2 rings (SSSR count). The van der Waals surface area contributed by atoms with Gasteiger partial charge in [0.25, 0.3) is 5.91 Å². The normalized spacial score (nSPS) is 18.6. The molecule has 1 N–H and O–H groups in total. The van der Waals surface area contributed by atoms with Crippen molar-refractivity contribution in [3.63, 3.8) is 0 Å². The standard InChI is InChI=1S/C17H23NO3S/c1-4-5-8-18-15(13-7-6-9-22-13)14(16(20)17(18)21)12(19)10-11(2)3/h6-7,9,11,15,20H,4-5,8,10H2,1-3H3. The average Bonchev–Trinajstić information content (AvgIpc) is 3.05. The molecule has 0 bridgehead atoms. The van der Waals surface area contributed by atoms with Gasteiger partial charge in [0, 0.05) is 17.8 Å². The minimum absolute atomic E-state index is 0.127. The molecule has 0 saturated heterocycles. The second-order valence-electron chi connectivity index (χ2n) is 6.05. The van der Waals surface area contributed by atoms with E-state index in [4.69, 9.17) is 0 Å². The Morgan fingerprint density at radius 1 is 1.45 bits per heavy atom. The van der Waals surface area contributed by atoms with Crippen LogP contribution < -0.4 is 0 Å². The number of hydrogen-bond donors (Lipinski definition) is 1. The number of Topliss-reactive ketones (excluding diaryl/α,β-unsaturated/α-hetero) is 1. The van der Waals surface area contributed by atoms with E-state index in [1.807, 2.05) is 31.4 Å². The van der Waals surface area contributed by atoms with Crippen molar-refractivity contribution in [2.75, 3.05) is 6.54 Å². The van der Waals surface area contributed by atoms with Crippen LogP contribution in [0.5, 0.6) is 0 Å². The van der Waals surface area contributed by atoms with Gasteiger partial charge < -0.3 is 10.0 Å². The van der Waals surface area contributed by atoms with Crippen LogP contribution in [0, 0.1) is 5.92 Å². The number of rotatable bonds is 7. The van der Waals surface area contributed by atoms with Gasteiger partial charge in [-0.2, -0.15) is 0 Å². The van der Waals surface area contributed by atoms with Crippen molar-refractivity contribution in [1.29, 1.82) is 0 Å². The number of hydrogen-bond acceptors (Lipinski definition) is 4. The first-order chi connectivity index (χ1) is 10.5. The molecule has 0 radical (unpaired) electrons. The van der Waals surface area contributed by atoms with Crippen LogP contribution in [0.3, 0.4) is 0 Å². The summed E-state index contributed by atoms with van der Waals surface area (Å²) in [4.78, 5) is 27.5. The van der Waals surface area contributed by atoms with Crippen LogP contribution in [-0.2, 0) is 9.59 Å². The molecule has 0 saturated carbocycles. The Hall–Kier alpha value is -1.62. The third kappa shape index (κ3) is 3.24. The summed E-state index contributed by atoms with van der Waals surface area (Å²) in [6, 6.07) is 3.40. The summed E-state index contributed by atoms with van der Waals surface area (Å²) in [5, 5.41) is 12.2. The summed E-state index contributed by atoms with van der Waals surface area (Å²) in [7, 11) is 0.